The van der Waals surface area contributed by atoms with E-state index in [4.69, 9.17) is 9.98 Å². The van der Waals surface area contributed by atoms with Crippen molar-refractivity contribution in [1.82, 2.24) is 0 Å². The smallest absolute Gasteiger partial charge is 0.161 e. The van der Waals surface area contributed by atoms with E-state index in [2.05, 4.69) is 132 Å². The normalized spacial score (nSPS) is 12.1. The second kappa shape index (κ2) is 18.2. The highest BCUT2D eigenvalue weighted by atomic mass is 15.1. The van der Waals surface area contributed by atoms with Crippen LogP contribution in [0.15, 0.2) is 209 Å². The Hall–Kier alpha value is -6.85. The number of nitrogens with zero attached hydrogens (tertiary/aromatic N) is 4. The first-order chi connectivity index (χ1) is 25.7. The number of hydrogen-bond acceptors (Lipinski definition) is 3. The highest BCUT2D eigenvalue weighted by Gasteiger charge is 2.13. The van der Waals surface area contributed by atoms with Crippen molar-refractivity contribution in [3.05, 3.63) is 222 Å². The number of rotatable bonds is 12. The Labute approximate surface area is 307 Å². The highest BCUT2D eigenvalue weighted by molar-refractivity contribution is 6.12. The zero-order valence-electron chi connectivity index (χ0n) is 29.3. The molecule has 0 saturated carbocycles. The molecule has 0 radical (unpaired) electrons. The molecule has 0 aliphatic rings. The van der Waals surface area contributed by atoms with Crippen molar-refractivity contribution >= 4 is 47.2 Å². The Balaban J connectivity index is 1.23. The molecule has 0 saturated heterocycles. The molecule has 0 aliphatic heterocycles. The third-order valence-electron chi connectivity index (χ3n) is 8.22. The number of para-hydroxylation sites is 3. The van der Waals surface area contributed by atoms with Crippen LogP contribution in [0, 0.1) is 6.92 Å². The summed E-state index contributed by atoms with van der Waals surface area (Å²) in [4.78, 5) is 16.6. The first-order valence-electron chi connectivity index (χ1n) is 17.2. The van der Waals surface area contributed by atoms with Crippen molar-refractivity contribution in [3.8, 4) is 0 Å². The first-order valence-corrected chi connectivity index (χ1v) is 17.2. The van der Waals surface area contributed by atoms with Crippen LogP contribution in [-0.2, 0) is 6.54 Å². The average molecular weight is 676 g/mol. The molecule has 0 unspecified atom stereocenters. The van der Waals surface area contributed by atoms with Gasteiger partial charge in [0, 0.05) is 40.1 Å². The minimum absolute atomic E-state index is 0.486. The van der Waals surface area contributed by atoms with Gasteiger partial charge < -0.3 is 10.2 Å². The number of aliphatic imine (C=N–C) groups is 3. The van der Waals surface area contributed by atoms with E-state index in [0.717, 1.165) is 45.0 Å². The van der Waals surface area contributed by atoms with Gasteiger partial charge in [-0.05, 0) is 91.5 Å². The number of aryl methyl sites for hydroxylation is 1. The predicted octanol–water partition coefficient (Wildman–Crippen LogP) is 11.8. The van der Waals surface area contributed by atoms with Gasteiger partial charge in [-0.3, -0.25) is 4.99 Å². The molecule has 0 aliphatic carbocycles. The Morgan fingerprint density at radius 3 is 1.73 bits per heavy atom. The molecule has 6 rings (SSSR count). The van der Waals surface area contributed by atoms with Gasteiger partial charge in [0.2, 0.25) is 0 Å². The lowest BCUT2D eigenvalue weighted by Gasteiger charge is -2.25. The largest absolute Gasteiger partial charge is 0.362 e. The quantitative estimate of drug-likeness (QED) is 0.0797. The van der Waals surface area contributed by atoms with Crippen molar-refractivity contribution < 1.29 is 0 Å². The van der Waals surface area contributed by atoms with Crippen LogP contribution in [0.4, 0.5) is 22.7 Å². The molecular formula is C47H41N5. The van der Waals surface area contributed by atoms with Crippen molar-refractivity contribution in [2.45, 2.75) is 13.5 Å². The van der Waals surface area contributed by atoms with Crippen LogP contribution in [0.5, 0.6) is 0 Å². The number of nitrogens with one attached hydrogen (secondary N) is 1. The summed E-state index contributed by atoms with van der Waals surface area (Å²) in [5.74, 6) is 1.10. The van der Waals surface area contributed by atoms with E-state index in [1.165, 1.54) is 5.56 Å². The molecule has 1 N–H and O–H groups in total. The lowest BCUT2D eigenvalue weighted by atomic mass is 10.1. The fraction of sp³-hybridized carbons (Fsp3) is 0.0426. The van der Waals surface area contributed by atoms with E-state index in [1.54, 1.807) is 0 Å². The van der Waals surface area contributed by atoms with Gasteiger partial charge in [0.15, 0.2) is 11.7 Å². The van der Waals surface area contributed by atoms with Crippen LogP contribution in [0.3, 0.4) is 0 Å². The van der Waals surface area contributed by atoms with Crippen molar-refractivity contribution in [2.75, 3.05) is 10.2 Å². The van der Waals surface area contributed by atoms with Crippen molar-refractivity contribution in [2.24, 2.45) is 15.0 Å². The van der Waals surface area contributed by atoms with E-state index < -0.39 is 0 Å². The molecule has 0 bridgehead atoms. The third-order valence-corrected chi connectivity index (χ3v) is 8.22. The van der Waals surface area contributed by atoms with Gasteiger partial charge in [0.25, 0.3) is 0 Å². The third kappa shape index (κ3) is 9.87. The number of hydrogen-bond donors (Lipinski definition) is 1. The topological polar surface area (TPSA) is 52.4 Å². The minimum atomic E-state index is 0.486. The zero-order valence-corrected chi connectivity index (χ0v) is 29.3. The van der Waals surface area contributed by atoms with Gasteiger partial charge >= 0.3 is 0 Å². The second-order valence-electron chi connectivity index (χ2n) is 12.0. The SMILES string of the molecule is C=NC(=NC(=NCc1ccc(C)cc1)c1ccc(N(c2ccccc2)c2ccccc2)cc1)c1ccc(\C=C/C=C\C=C\Nc2ccccc2)cc1. The first kappa shape index (κ1) is 35.0. The molecule has 5 heteroatoms. The molecule has 0 spiro atoms. The fourth-order valence-corrected chi connectivity index (χ4v) is 5.48. The van der Waals surface area contributed by atoms with E-state index in [1.807, 2.05) is 97.2 Å². The maximum atomic E-state index is 5.00. The zero-order chi connectivity index (χ0) is 35.8. The van der Waals surface area contributed by atoms with Gasteiger partial charge in [0.05, 0.1) is 6.54 Å². The van der Waals surface area contributed by atoms with Crippen LogP contribution >= 0.6 is 0 Å². The molecule has 0 amide bonds. The summed E-state index contributed by atoms with van der Waals surface area (Å²) in [6.45, 7) is 6.44. The Kier molecular flexibility index (Phi) is 12.3. The number of amidine groups is 2. The molecule has 5 nitrogen and oxygen atoms in total. The highest BCUT2D eigenvalue weighted by Crippen LogP contribution is 2.34. The van der Waals surface area contributed by atoms with Crippen LogP contribution in [0.1, 0.15) is 27.8 Å². The van der Waals surface area contributed by atoms with Gasteiger partial charge in [-0.15, -0.1) is 0 Å². The summed E-state index contributed by atoms with van der Waals surface area (Å²) < 4.78 is 0. The molecule has 0 fully saturated rings. The molecule has 6 aromatic carbocycles. The summed E-state index contributed by atoms with van der Waals surface area (Å²) >= 11 is 0. The van der Waals surface area contributed by atoms with Crippen molar-refractivity contribution in [1.29, 1.82) is 0 Å². The standard InChI is InChI=1S/C47H41N5/c1-37-23-25-39(26-24-37)36-50-47(41-31-33-45(34-32-41)52(43-19-11-6-12-20-43)44-21-13-7-14-22-44)51-46(48-2)40-29-27-38(28-30-40)16-8-3-4-15-35-49-42-17-9-5-10-18-42/h3-35,49H,2,36H2,1H3/b4-3-,16-8-,35-15+,50-47?,51-46?. The summed E-state index contributed by atoms with van der Waals surface area (Å²) in [7, 11) is 0. The monoisotopic (exact) mass is 675 g/mol. The van der Waals surface area contributed by atoms with E-state index >= 15 is 0 Å². The molecule has 254 valence electrons. The van der Waals surface area contributed by atoms with E-state index in [-0.39, 0.29) is 0 Å². The van der Waals surface area contributed by atoms with Gasteiger partial charge in [-0.25, -0.2) is 9.98 Å². The lowest BCUT2D eigenvalue weighted by Crippen LogP contribution is -2.10. The second-order valence-corrected chi connectivity index (χ2v) is 12.0. The van der Waals surface area contributed by atoms with Crippen molar-refractivity contribution in [3.63, 3.8) is 0 Å². The van der Waals surface area contributed by atoms with Crippen LogP contribution in [0.2, 0.25) is 0 Å². The number of allylic oxidation sites excluding steroid dienone is 4. The van der Waals surface area contributed by atoms with Crippen LogP contribution in [-0.4, -0.2) is 18.4 Å². The Morgan fingerprint density at radius 2 is 1.12 bits per heavy atom. The molecule has 0 heterocycles. The summed E-state index contributed by atoms with van der Waals surface area (Å²) in [5, 5.41) is 3.25. The maximum absolute atomic E-state index is 5.00. The summed E-state index contributed by atoms with van der Waals surface area (Å²) in [5.41, 5.74) is 9.36. The van der Waals surface area contributed by atoms with Gasteiger partial charge in [0.1, 0.15) is 0 Å². The number of anilines is 4. The van der Waals surface area contributed by atoms with Gasteiger partial charge in [-0.2, -0.15) is 0 Å². The maximum Gasteiger partial charge on any atom is 0.161 e. The Bertz CT molecular complexity index is 2120. The van der Waals surface area contributed by atoms with Crippen LogP contribution in [0.25, 0.3) is 6.08 Å². The molecular weight excluding hydrogens is 635 g/mol. The van der Waals surface area contributed by atoms with Gasteiger partial charge in [-0.1, -0.05) is 133 Å². The Morgan fingerprint density at radius 1 is 0.577 bits per heavy atom. The summed E-state index contributed by atoms with van der Waals surface area (Å²) in [6.07, 6.45) is 11.9. The van der Waals surface area contributed by atoms with Crippen LogP contribution < -0.4 is 10.2 Å². The predicted molar refractivity (Wildman–Crippen MR) is 222 cm³/mol. The van der Waals surface area contributed by atoms with E-state index in [0.29, 0.717) is 18.2 Å². The van der Waals surface area contributed by atoms with E-state index in [9.17, 15) is 0 Å². The molecule has 0 aromatic heterocycles. The summed E-state index contributed by atoms with van der Waals surface area (Å²) in [6, 6.07) is 55.7. The number of benzene rings is 6. The fourth-order valence-electron chi connectivity index (χ4n) is 5.48. The minimum Gasteiger partial charge on any atom is -0.362 e. The average Bonchev–Trinajstić information content (AvgIpc) is 3.20. The molecule has 0 atom stereocenters. The molecule has 52 heavy (non-hydrogen) atoms. The lowest BCUT2D eigenvalue weighted by molar-refractivity contribution is 1.06. The molecule has 6 aromatic rings.